The van der Waals surface area contributed by atoms with Crippen LogP contribution in [0, 0.1) is 0 Å². The first-order valence-electron chi connectivity index (χ1n) is 11.0. The Morgan fingerprint density at radius 2 is 2.00 bits per heavy atom. The summed E-state index contributed by atoms with van der Waals surface area (Å²) in [6.45, 7) is 3.18. The monoisotopic (exact) mass is 465 g/mol. The summed E-state index contributed by atoms with van der Waals surface area (Å²) < 4.78 is 16.6. The van der Waals surface area contributed by atoms with E-state index in [0.29, 0.717) is 31.1 Å². The second kappa shape index (κ2) is 10.5. The largest absolute Gasteiger partial charge is 0.494 e. The van der Waals surface area contributed by atoms with Crippen LogP contribution in [0.15, 0.2) is 65.2 Å². The first-order chi connectivity index (χ1) is 16.1. The molecule has 33 heavy (non-hydrogen) atoms. The fourth-order valence-corrected chi connectivity index (χ4v) is 4.33. The number of pyridine rings is 1. The molecule has 8 heteroatoms. The normalized spacial score (nSPS) is 17.6. The molecule has 172 valence electrons. The van der Waals surface area contributed by atoms with Gasteiger partial charge in [0.2, 0.25) is 0 Å². The van der Waals surface area contributed by atoms with Crippen LogP contribution < -0.4 is 10.1 Å². The summed E-state index contributed by atoms with van der Waals surface area (Å²) >= 11 is 5.66. The second-order valence-corrected chi connectivity index (χ2v) is 8.05. The van der Waals surface area contributed by atoms with E-state index in [4.69, 9.17) is 26.1 Å². The highest BCUT2D eigenvalue weighted by molar-refractivity contribution is 7.80. The number of methoxy groups -OCH3 is 1. The number of esters is 1. The van der Waals surface area contributed by atoms with Crippen LogP contribution in [0.1, 0.15) is 43.3 Å². The lowest BCUT2D eigenvalue weighted by molar-refractivity contribution is -0.140. The van der Waals surface area contributed by atoms with E-state index in [1.54, 1.807) is 6.20 Å². The number of ether oxygens (including phenoxy) is 2. The number of nitrogens with zero attached hydrogens (tertiary/aromatic N) is 2. The molecule has 7 nitrogen and oxygen atoms in total. The van der Waals surface area contributed by atoms with E-state index in [-0.39, 0.29) is 18.1 Å². The Hall–Kier alpha value is -3.39. The number of carbonyl (C=O) groups excluding carboxylic acids is 1. The fourth-order valence-electron chi connectivity index (χ4n) is 4.00. The average molecular weight is 466 g/mol. The summed E-state index contributed by atoms with van der Waals surface area (Å²) in [6.07, 6.45) is 2.71. The van der Waals surface area contributed by atoms with Crippen LogP contribution >= 0.6 is 12.2 Å². The molecule has 3 aromatic rings. The zero-order chi connectivity index (χ0) is 23.2. The Morgan fingerprint density at radius 3 is 2.70 bits per heavy atom. The molecule has 4 rings (SSSR count). The van der Waals surface area contributed by atoms with Gasteiger partial charge >= 0.3 is 5.97 Å². The maximum absolute atomic E-state index is 11.6. The van der Waals surface area contributed by atoms with Gasteiger partial charge in [-0.05, 0) is 74.1 Å². The highest BCUT2D eigenvalue weighted by Crippen LogP contribution is 2.40. The van der Waals surface area contributed by atoms with Crippen molar-refractivity contribution in [1.82, 2.24) is 15.2 Å². The van der Waals surface area contributed by atoms with Gasteiger partial charge in [0.15, 0.2) is 5.11 Å². The molecular weight excluding hydrogens is 438 g/mol. The highest BCUT2D eigenvalue weighted by Gasteiger charge is 2.41. The molecule has 1 fully saturated rings. The van der Waals surface area contributed by atoms with Gasteiger partial charge in [-0.25, -0.2) is 0 Å². The van der Waals surface area contributed by atoms with E-state index in [0.717, 1.165) is 28.5 Å². The van der Waals surface area contributed by atoms with Crippen molar-refractivity contribution in [2.75, 3.05) is 20.3 Å². The molecule has 2 atom stereocenters. The zero-order valence-electron chi connectivity index (χ0n) is 18.7. The van der Waals surface area contributed by atoms with Crippen LogP contribution in [0.2, 0.25) is 0 Å². The van der Waals surface area contributed by atoms with E-state index in [1.807, 2.05) is 61.5 Å². The van der Waals surface area contributed by atoms with Gasteiger partial charge in [0.25, 0.3) is 0 Å². The van der Waals surface area contributed by atoms with Crippen molar-refractivity contribution in [3.63, 3.8) is 0 Å². The molecule has 1 aromatic carbocycles. The van der Waals surface area contributed by atoms with Crippen LogP contribution in [0.25, 0.3) is 11.3 Å². The maximum Gasteiger partial charge on any atom is 0.305 e. The minimum atomic E-state index is -0.235. The van der Waals surface area contributed by atoms with Crippen molar-refractivity contribution < 1.29 is 18.7 Å². The predicted octanol–water partition coefficient (Wildman–Crippen LogP) is 4.67. The summed E-state index contributed by atoms with van der Waals surface area (Å²) in [5, 5.41) is 4.00. The molecule has 0 spiro atoms. The summed E-state index contributed by atoms with van der Waals surface area (Å²) in [4.78, 5) is 18.2. The zero-order valence-corrected chi connectivity index (χ0v) is 19.5. The smallest absolute Gasteiger partial charge is 0.305 e. The minimum Gasteiger partial charge on any atom is -0.494 e. The number of thiocarbonyl (C=S) groups is 1. The molecule has 0 saturated carbocycles. The molecule has 1 N–H and O–H groups in total. The molecule has 0 radical (unpaired) electrons. The predicted molar refractivity (Wildman–Crippen MR) is 129 cm³/mol. The van der Waals surface area contributed by atoms with Crippen molar-refractivity contribution in [3.8, 4) is 17.1 Å². The van der Waals surface area contributed by atoms with Gasteiger partial charge in [-0.2, -0.15) is 0 Å². The van der Waals surface area contributed by atoms with E-state index < -0.39 is 0 Å². The quantitative estimate of drug-likeness (QED) is 0.361. The summed E-state index contributed by atoms with van der Waals surface area (Å²) in [6, 6.07) is 17.2. The fraction of sp³-hybridized carbons (Fsp3) is 0.320. The van der Waals surface area contributed by atoms with E-state index in [2.05, 4.69) is 15.2 Å². The van der Waals surface area contributed by atoms with Crippen molar-refractivity contribution in [2.24, 2.45) is 0 Å². The topological polar surface area (TPSA) is 76.8 Å². The number of benzene rings is 1. The molecule has 2 aromatic heterocycles. The van der Waals surface area contributed by atoms with Crippen molar-refractivity contribution in [2.45, 2.75) is 31.8 Å². The number of rotatable bonds is 9. The van der Waals surface area contributed by atoms with Crippen molar-refractivity contribution in [1.29, 1.82) is 0 Å². The average Bonchev–Trinajstić information content (AvgIpc) is 3.45. The van der Waals surface area contributed by atoms with Gasteiger partial charge in [-0.15, -0.1) is 0 Å². The number of nitrogens with one attached hydrogen (secondary N) is 1. The lowest BCUT2D eigenvalue weighted by atomic mass is 10.0. The maximum atomic E-state index is 11.6. The molecule has 1 aliphatic rings. The first kappa shape index (κ1) is 22.8. The third-order valence-electron chi connectivity index (χ3n) is 5.57. The summed E-state index contributed by atoms with van der Waals surface area (Å²) in [5.74, 6) is 2.13. The lowest BCUT2D eigenvalue weighted by Crippen LogP contribution is -2.30. The Balaban J connectivity index is 1.61. The Kier molecular flexibility index (Phi) is 7.24. The van der Waals surface area contributed by atoms with E-state index in [9.17, 15) is 4.79 Å². The third-order valence-corrected chi connectivity index (χ3v) is 5.93. The molecule has 1 saturated heterocycles. The Labute approximate surface area is 198 Å². The van der Waals surface area contributed by atoms with Crippen LogP contribution in [0.3, 0.4) is 0 Å². The number of aromatic nitrogens is 1. The number of carbonyl (C=O) groups is 1. The van der Waals surface area contributed by atoms with Gasteiger partial charge < -0.3 is 24.1 Å². The van der Waals surface area contributed by atoms with Crippen LogP contribution in [-0.4, -0.2) is 41.2 Å². The standard InChI is InChI=1S/C25H27N3O4S/c1-3-31-18-11-9-17(10-12-18)20-13-14-21(32-20)24-23(19-7-4-5-15-26-19)27-25(33)28(24)16-6-8-22(29)30-2/h4-5,7,9-15,23-24H,3,6,8,16H2,1-2H3,(H,27,33)/t23-,24+/m0/s1. The van der Waals surface area contributed by atoms with E-state index >= 15 is 0 Å². The van der Waals surface area contributed by atoms with Gasteiger partial charge in [0.05, 0.1) is 25.5 Å². The molecule has 0 bridgehead atoms. The highest BCUT2D eigenvalue weighted by atomic mass is 32.1. The molecule has 0 aliphatic carbocycles. The summed E-state index contributed by atoms with van der Waals surface area (Å²) in [7, 11) is 1.40. The van der Waals surface area contributed by atoms with Crippen LogP contribution in [0.5, 0.6) is 5.75 Å². The van der Waals surface area contributed by atoms with E-state index in [1.165, 1.54) is 7.11 Å². The first-order valence-corrected chi connectivity index (χ1v) is 11.4. The molecule has 0 unspecified atom stereocenters. The van der Waals surface area contributed by atoms with Crippen molar-refractivity contribution >= 4 is 23.3 Å². The van der Waals surface area contributed by atoms with Gasteiger partial charge in [0, 0.05) is 24.7 Å². The lowest BCUT2D eigenvalue weighted by Gasteiger charge is -2.25. The van der Waals surface area contributed by atoms with Crippen LogP contribution in [0.4, 0.5) is 0 Å². The number of furan rings is 1. The van der Waals surface area contributed by atoms with Crippen molar-refractivity contribution in [3.05, 3.63) is 72.2 Å². The molecule has 0 amide bonds. The van der Waals surface area contributed by atoms with Gasteiger partial charge in [-0.3, -0.25) is 9.78 Å². The molecular formula is C25H27N3O4S. The Bertz CT molecular complexity index is 1080. The van der Waals surface area contributed by atoms with Crippen LogP contribution in [-0.2, 0) is 9.53 Å². The second-order valence-electron chi connectivity index (χ2n) is 7.66. The third kappa shape index (κ3) is 5.17. The minimum absolute atomic E-state index is 0.170. The number of hydrogen-bond acceptors (Lipinski definition) is 6. The SMILES string of the molecule is CCOc1ccc(-c2ccc([C@@H]3[C@H](c4ccccn4)NC(=S)N3CCCC(=O)OC)o2)cc1. The van der Waals surface area contributed by atoms with Gasteiger partial charge in [0.1, 0.15) is 23.3 Å². The molecule has 3 heterocycles. The number of hydrogen-bond donors (Lipinski definition) is 1. The van der Waals surface area contributed by atoms with Gasteiger partial charge in [-0.1, -0.05) is 6.07 Å². The summed E-state index contributed by atoms with van der Waals surface area (Å²) in [5.41, 5.74) is 1.84. The molecule has 1 aliphatic heterocycles. The Morgan fingerprint density at radius 1 is 1.18 bits per heavy atom.